The van der Waals surface area contributed by atoms with Crippen molar-refractivity contribution in [2.75, 3.05) is 32.7 Å². The molecule has 0 radical (unpaired) electrons. The van der Waals surface area contributed by atoms with E-state index in [-0.39, 0.29) is 23.7 Å². The van der Waals surface area contributed by atoms with Crippen molar-refractivity contribution in [1.29, 1.82) is 0 Å². The number of hydrogen-bond donors (Lipinski definition) is 1. The molecule has 0 atom stereocenters. The van der Waals surface area contributed by atoms with Crippen molar-refractivity contribution in [3.8, 4) is 0 Å². The molecule has 1 fully saturated rings. The minimum atomic E-state index is -0.143. The zero-order chi connectivity index (χ0) is 12.7. The van der Waals surface area contributed by atoms with Crippen LogP contribution in [0.4, 0.5) is 0 Å². The zero-order valence-electron chi connectivity index (χ0n) is 10.1. The molecule has 0 bridgehead atoms. The van der Waals surface area contributed by atoms with E-state index in [1.807, 2.05) is 4.90 Å². The first-order valence-corrected chi connectivity index (χ1v) is 6.33. The smallest absolute Gasteiger partial charge is 0.235 e. The fourth-order valence-electron chi connectivity index (χ4n) is 1.89. The third-order valence-corrected chi connectivity index (χ3v) is 3.10. The van der Waals surface area contributed by atoms with E-state index >= 15 is 0 Å². The molecule has 0 aromatic heterocycles. The minimum Gasteiger partial charge on any atom is -0.384 e. The maximum atomic E-state index is 11.7. The van der Waals surface area contributed by atoms with Gasteiger partial charge in [-0.2, -0.15) is 0 Å². The Morgan fingerprint density at radius 1 is 1.41 bits per heavy atom. The Balaban J connectivity index is 2.25. The van der Waals surface area contributed by atoms with Gasteiger partial charge in [0, 0.05) is 26.2 Å². The van der Waals surface area contributed by atoms with Crippen molar-refractivity contribution in [1.82, 2.24) is 10.2 Å². The zero-order valence-corrected chi connectivity index (χ0v) is 10.8. The molecule has 0 aliphatic carbocycles. The van der Waals surface area contributed by atoms with E-state index < -0.39 is 0 Å². The summed E-state index contributed by atoms with van der Waals surface area (Å²) in [6.07, 6.45) is 2.01. The first-order chi connectivity index (χ1) is 8.17. The molecule has 1 heterocycles. The molecular weight excluding hydrogens is 244 g/mol. The number of likely N-dealkylation sites (tertiary alicyclic amines) is 1. The van der Waals surface area contributed by atoms with E-state index in [1.54, 1.807) is 7.11 Å². The average Bonchev–Trinajstić information content (AvgIpc) is 2.36. The molecule has 5 nitrogen and oxygen atoms in total. The van der Waals surface area contributed by atoms with Crippen LogP contribution < -0.4 is 5.32 Å². The predicted octanol–water partition coefficient (Wildman–Crippen LogP) is 0.369. The van der Waals surface area contributed by atoms with E-state index in [2.05, 4.69) is 5.32 Å². The van der Waals surface area contributed by atoms with Crippen LogP contribution >= 0.6 is 11.6 Å². The van der Waals surface area contributed by atoms with Crippen LogP contribution in [0, 0.1) is 0 Å². The molecule has 1 rings (SSSR count). The highest BCUT2D eigenvalue weighted by Gasteiger charge is 2.23. The number of nitrogens with zero attached hydrogens (tertiary/aromatic N) is 1. The normalized spacial score (nSPS) is 16.9. The van der Waals surface area contributed by atoms with Crippen molar-refractivity contribution in [3.05, 3.63) is 0 Å². The number of alkyl halides is 1. The number of rotatable bonds is 5. The van der Waals surface area contributed by atoms with Crippen LogP contribution in [0.15, 0.2) is 0 Å². The largest absolute Gasteiger partial charge is 0.384 e. The SMILES string of the molecule is COCCC(=O)N1CCC(NC(=O)CCl)CC1. The minimum absolute atomic E-state index is 0.00696. The van der Waals surface area contributed by atoms with Crippen molar-refractivity contribution >= 4 is 23.4 Å². The lowest BCUT2D eigenvalue weighted by molar-refractivity contribution is -0.133. The third kappa shape index (κ3) is 4.91. The Kier molecular flexibility index (Phi) is 6.29. The molecule has 1 N–H and O–H groups in total. The van der Waals surface area contributed by atoms with Gasteiger partial charge in [0.2, 0.25) is 11.8 Å². The van der Waals surface area contributed by atoms with Gasteiger partial charge in [-0.15, -0.1) is 11.6 Å². The van der Waals surface area contributed by atoms with E-state index in [4.69, 9.17) is 16.3 Å². The first-order valence-electron chi connectivity index (χ1n) is 5.79. The Morgan fingerprint density at radius 3 is 2.59 bits per heavy atom. The van der Waals surface area contributed by atoms with Gasteiger partial charge in [-0.1, -0.05) is 0 Å². The number of carbonyl (C=O) groups is 2. The van der Waals surface area contributed by atoms with Crippen LogP contribution in [0.25, 0.3) is 0 Å². The summed E-state index contributed by atoms with van der Waals surface area (Å²) in [6.45, 7) is 1.84. The predicted molar refractivity (Wildman–Crippen MR) is 65.0 cm³/mol. The van der Waals surface area contributed by atoms with Gasteiger partial charge in [-0.25, -0.2) is 0 Å². The molecule has 2 amide bonds. The number of hydrogen-bond acceptors (Lipinski definition) is 3. The second-order valence-corrected chi connectivity index (χ2v) is 4.37. The van der Waals surface area contributed by atoms with E-state index in [0.29, 0.717) is 26.1 Å². The van der Waals surface area contributed by atoms with Gasteiger partial charge in [-0.05, 0) is 12.8 Å². The summed E-state index contributed by atoms with van der Waals surface area (Å²) in [7, 11) is 1.58. The van der Waals surface area contributed by atoms with Crippen LogP contribution in [0.5, 0.6) is 0 Å². The molecule has 0 aromatic rings. The molecule has 1 aliphatic heterocycles. The van der Waals surface area contributed by atoms with Gasteiger partial charge in [0.05, 0.1) is 13.0 Å². The average molecular weight is 263 g/mol. The van der Waals surface area contributed by atoms with Crippen LogP contribution in [0.3, 0.4) is 0 Å². The van der Waals surface area contributed by atoms with Gasteiger partial charge in [0.15, 0.2) is 0 Å². The summed E-state index contributed by atoms with van der Waals surface area (Å²) in [5, 5.41) is 2.84. The number of carbonyl (C=O) groups excluding carboxylic acids is 2. The lowest BCUT2D eigenvalue weighted by Gasteiger charge is -2.32. The summed E-state index contributed by atoms with van der Waals surface area (Å²) >= 11 is 5.42. The fraction of sp³-hybridized carbons (Fsp3) is 0.818. The van der Waals surface area contributed by atoms with Crippen LogP contribution in [-0.2, 0) is 14.3 Å². The summed E-state index contributed by atoms with van der Waals surface area (Å²) < 4.78 is 4.87. The van der Waals surface area contributed by atoms with Crippen LogP contribution in [-0.4, -0.2) is 55.4 Å². The second kappa shape index (κ2) is 7.50. The van der Waals surface area contributed by atoms with Gasteiger partial charge in [0.1, 0.15) is 5.88 Å². The molecule has 6 heteroatoms. The standard InChI is InChI=1S/C11H19ClN2O3/c1-17-7-4-11(16)14-5-2-9(3-6-14)13-10(15)8-12/h9H,2-8H2,1H3,(H,13,15). The molecular formula is C11H19ClN2O3. The third-order valence-electron chi connectivity index (χ3n) is 2.85. The van der Waals surface area contributed by atoms with Gasteiger partial charge < -0.3 is 15.0 Å². The highest BCUT2D eigenvalue weighted by molar-refractivity contribution is 6.27. The summed E-state index contributed by atoms with van der Waals surface area (Å²) in [5.74, 6) is -0.0303. The fourth-order valence-corrected chi connectivity index (χ4v) is 1.96. The molecule has 0 unspecified atom stereocenters. The van der Waals surface area contributed by atoms with Gasteiger partial charge >= 0.3 is 0 Å². The number of piperidine rings is 1. The highest BCUT2D eigenvalue weighted by Crippen LogP contribution is 2.11. The maximum Gasteiger partial charge on any atom is 0.235 e. The lowest BCUT2D eigenvalue weighted by atomic mass is 10.0. The van der Waals surface area contributed by atoms with Crippen molar-refractivity contribution in [2.24, 2.45) is 0 Å². The number of methoxy groups -OCH3 is 1. The van der Waals surface area contributed by atoms with Crippen molar-refractivity contribution in [3.63, 3.8) is 0 Å². The first kappa shape index (κ1) is 14.3. The topological polar surface area (TPSA) is 58.6 Å². The number of halogens is 1. The second-order valence-electron chi connectivity index (χ2n) is 4.10. The van der Waals surface area contributed by atoms with Crippen molar-refractivity contribution < 1.29 is 14.3 Å². The number of nitrogens with one attached hydrogen (secondary N) is 1. The Morgan fingerprint density at radius 2 is 2.06 bits per heavy atom. The van der Waals surface area contributed by atoms with Crippen LogP contribution in [0.2, 0.25) is 0 Å². The number of amides is 2. The highest BCUT2D eigenvalue weighted by atomic mass is 35.5. The van der Waals surface area contributed by atoms with Gasteiger partial charge in [-0.3, -0.25) is 9.59 Å². The Labute approximate surface area is 106 Å². The summed E-state index contributed by atoms with van der Waals surface area (Å²) in [5.41, 5.74) is 0. The molecule has 0 spiro atoms. The van der Waals surface area contributed by atoms with E-state index in [1.165, 1.54) is 0 Å². The Hall–Kier alpha value is -0.810. The van der Waals surface area contributed by atoms with E-state index in [0.717, 1.165) is 12.8 Å². The quantitative estimate of drug-likeness (QED) is 0.729. The molecule has 98 valence electrons. The number of ether oxygens (including phenoxy) is 1. The molecule has 1 aliphatic rings. The molecule has 17 heavy (non-hydrogen) atoms. The van der Waals surface area contributed by atoms with Gasteiger partial charge in [0.25, 0.3) is 0 Å². The Bertz CT molecular complexity index is 265. The molecule has 0 aromatic carbocycles. The van der Waals surface area contributed by atoms with Crippen molar-refractivity contribution in [2.45, 2.75) is 25.3 Å². The van der Waals surface area contributed by atoms with E-state index in [9.17, 15) is 9.59 Å². The maximum absolute atomic E-state index is 11.7. The monoisotopic (exact) mass is 262 g/mol. The summed E-state index contributed by atoms with van der Waals surface area (Å²) in [4.78, 5) is 24.6. The lowest BCUT2D eigenvalue weighted by Crippen LogP contribution is -2.47. The molecule has 0 saturated carbocycles. The van der Waals surface area contributed by atoms with Crippen LogP contribution in [0.1, 0.15) is 19.3 Å². The molecule has 1 saturated heterocycles. The summed E-state index contributed by atoms with van der Waals surface area (Å²) in [6, 6.07) is 0.146.